The number of nitrogens with one attached hydrogen (secondary N) is 1. The van der Waals surface area contributed by atoms with Crippen LogP contribution in [0, 0.1) is 0 Å². The van der Waals surface area contributed by atoms with Crippen molar-refractivity contribution in [3.05, 3.63) is 33.4 Å². The normalized spacial score (nSPS) is 16.4. The zero-order chi connectivity index (χ0) is 12.0. The average molecular weight is 269 g/mol. The van der Waals surface area contributed by atoms with E-state index in [0.29, 0.717) is 10.0 Å². The Morgan fingerprint density at radius 1 is 1.35 bits per heavy atom. The maximum Gasteiger partial charge on any atom is 0.0662 e. The van der Waals surface area contributed by atoms with Crippen molar-refractivity contribution in [3.8, 4) is 0 Å². The second kappa shape index (κ2) is 4.20. The highest BCUT2D eigenvalue weighted by molar-refractivity contribution is 6.38. The van der Waals surface area contributed by atoms with Crippen molar-refractivity contribution in [1.29, 1.82) is 0 Å². The van der Waals surface area contributed by atoms with Gasteiger partial charge in [-0.15, -0.1) is 0 Å². The lowest BCUT2D eigenvalue weighted by molar-refractivity contribution is 0.268. The molecule has 0 aliphatic carbocycles. The molecule has 4 heteroatoms. The molecule has 1 aromatic carbocycles. The van der Waals surface area contributed by atoms with E-state index in [1.165, 1.54) is 16.6 Å². The molecule has 1 aliphatic rings. The van der Waals surface area contributed by atoms with Crippen molar-refractivity contribution in [2.45, 2.75) is 19.9 Å². The predicted octanol–water partition coefficient (Wildman–Crippen LogP) is 3.85. The molecule has 2 heterocycles. The summed E-state index contributed by atoms with van der Waals surface area (Å²) in [4.78, 5) is 5.87. The van der Waals surface area contributed by atoms with Gasteiger partial charge in [0.15, 0.2) is 0 Å². The number of aromatic amines is 1. The molecular weight excluding hydrogens is 255 g/mol. The van der Waals surface area contributed by atoms with E-state index in [2.05, 4.69) is 16.8 Å². The molecule has 0 saturated heterocycles. The molecule has 1 aromatic heterocycles. The molecule has 2 nitrogen and oxygen atoms in total. The van der Waals surface area contributed by atoms with Crippen LogP contribution >= 0.6 is 23.2 Å². The third kappa shape index (κ3) is 1.85. The summed E-state index contributed by atoms with van der Waals surface area (Å²) in [5.41, 5.74) is 3.70. The number of benzene rings is 1. The molecule has 2 aromatic rings. The first-order valence-electron chi connectivity index (χ1n) is 5.90. The van der Waals surface area contributed by atoms with Gasteiger partial charge >= 0.3 is 0 Å². The SMILES string of the molecule is CCN1CCc2[nH]c3c(Cl)cc(Cl)cc3c2C1. The van der Waals surface area contributed by atoms with Gasteiger partial charge in [0, 0.05) is 35.6 Å². The van der Waals surface area contributed by atoms with Crippen LogP contribution in [0.3, 0.4) is 0 Å². The highest BCUT2D eigenvalue weighted by Crippen LogP contribution is 2.34. The number of nitrogens with zero attached hydrogens (tertiary/aromatic N) is 1. The van der Waals surface area contributed by atoms with Crippen molar-refractivity contribution < 1.29 is 0 Å². The number of likely N-dealkylation sites (N-methyl/N-ethyl adjacent to an activating group) is 1. The van der Waals surface area contributed by atoms with Crippen LogP contribution in [0.4, 0.5) is 0 Å². The summed E-state index contributed by atoms with van der Waals surface area (Å²) in [6, 6.07) is 3.81. The molecule has 1 aliphatic heterocycles. The molecule has 17 heavy (non-hydrogen) atoms. The van der Waals surface area contributed by atoms with Crippen LogP contribution in [-0.2, 0) is 13.0 Å². The van der Waals surface area contributed by atoms with Crippen molar-refractivity contribution in [3.63, 3.8) is 0 Å². The standard InChI is InChI=1S/C13H14Cl2N2/c1-2-17-4-3-12-10(7-17)9-5-8(14)6-11(15)13(9)16-12/h5-6,16H,2-4,7H2,1H3. The maximum absolute atomic E-state index is 6.22. The van der Waals surface area contributed by atoms with E-state index in [1.807, 2.05) is 6.07 Å². The molecule has 3 rings (SSSR count). The largest absolute Gasteiger partial charge is 0.357 e. The van der Waals surface area contributed by atoms with Crippen LogP contribution in [0.25, 0.3) is 10.9 Å². The van der Waals surface area contributed by atoms with Crippen molar-refractivity contribution >= 4 is 34.1 Å². The van der Waals surface area contributed by atoms with E-state index in [0.717, 1.165) is 31.6 Å². The fraction of sp³-hybridized carbons (Fsp3) is 0.385. The van der Waals surface area contributed by atoms with E-state index in [1.54, 1.807) is 6.07 Å². The first-order chi connectivity index (χ1) is 8.19. The van der Waals surface area contributed by atoms with E-state index < -0.39 is 0 Å². The van der Waals surface area contributed by atoms with Gasteiger partial charge in [0.05, 0.1) is 10.5 Å². The molecule has 0 bridgehead atoms. The Labute approximate surface area is 111 Å². The second-order valence-corrected chi connectivity index (χ2v) is 5.35. The summed E-state index contributed by atoms with van der Waals surface area (Å²) in [5, 5.41) is 2.60. The Balaban J connectivity index is 2.20. The smallest absolute Gasteiger partial charge is 0.0662 e. The van der Waals surface area contributed by atoms with E-state index >= 15 is 0 Å². The number of halogens is 2. The second-order valence-electron chi connectivity index (χ2n) is 4.51. The number of aromatic nitrogens is 1. The van der Waals surface area contributed by atoms with Crippen molar-refractivity contribution in [2.24, 2.45) is 0 Å². The van der Waals surface area contributed by atoms with Crippen LogP contribution < -0.4 is 0 Å². The van der Waals surface area contributed by atoms with Crippen molar-refractivity contribution in [1.82, 2.24) is 9.88 Å². The molecule has 0 atom stereocenters. The van der Waals surface area contributed by atoms with E-state index in [4.69, 9.17) is 23.2 Å². The lowest BCUT2D eigenvalue weighted by Gasteiger charge is -2.25. The van der Waals surface area contributed by atoms with E-state index in [-0.39, 0.29) is 0 Å². The molecular formula is C13H14Cl2N2. The zero-order valence-electron chi connectivity index (χ0n) is 9.69. The highest BCUT2D eigenvalue weighted by atomic mass is 35.5. The van der Waals surface area contributed by atoms with Gasteiger partial charge < -0.3 is 4.98 Å². The molecule has 0 spiro atoms. The van der Waals surface area contributed by atoms with Crippen LogP contribution in [0.5, 0.6) is 0 Å². The summed E-state index contributed by atoms with van der Waals surface area (Å²) in [6.07, 6.45) is 1.06. The summed E-state index contributed by atoms with van der Waals surface area (Å²) < 4.78 is 0. The molecule has 0 unspecified atom stereocenters. The Kier molecular flexibility index (Phi) is 2.81. The first kappa shape index (κ1) is 11.4. The number of H-pyrrole nitrogens is 1. The number of rotatable bonds is 1. The third-order valence-corrected chi connectivity index (χ3v) is 4.04. The van der Waals surface area contributed by atoms with Gasteiger partial charge in [-0.25, -0.2) is 0 Å². The minimum Gasteiger partial charge on any atom is -0.357 e. The topological polar surface area (TPSA) is 19.0 Å². The zero-order valence-corrected chi connectivity index (χ0v) is 11.2. The van der Waals surface area contributed by atoms with Gasteiger partial charge in [-0.1, -0.05) is 30.1 Å². The van der Waals surface area contributed by atoms with Gasteiger partial charge in [0.25, 0.3) is 0 Å². The quantitative estimate of drug-likeness (QED) is 0.833. The summed E-state index contributed by atoms with van der Waals surface area (Å²) >= 11 is 12.3. The van der Waals surface area contributed by atoms with Crippen LogP contribution in [0.15, 0.2) is 12.1 Å². The van der Waals surface area contributed by atoms with Gasteiger partial charge in [0.2, 0.25) is 0 Å². The monoisotopic (exact) mass is 268 g/mol. The van der Waals surface area contributed by atoms with Gasteiger partial charge in [-0.2, -0.15) is 0 Å². The molecule has 90 valence electrons. The number of hydrogen-bond acceptors (Lipinski definition) is 1. The predicted molar refractivity (Wildman–Crippen MR) is 73.0 cm³/mol. The van der Waals surface area contributed by atoms with E-state index in [9.17, 15) is 0 Å². The third-order valence-electron chi connectivity index (χ3n) is 3.53. The maximum atomic E-state index is 6.22. The van der Waals surface area contributed by atoms with Gasteiger partial charge in [-0.05, 0) is 24.2 Å². The average Bonchev–Trinajstić information content (AvgIpc) is 2.67. The highest BCUT2D eigenvalue weighted by Gasteiger charge is 2.20. The Hall–Kier alpha value is -0.700. The van der Waals surface area contributed by atoms with Crippen LogP contribution in [0.2, 0.25) is 10.0 Å². The lowest BCUT2D eigenvalue weighted by atomic mass is 10.0. The molecule has 1 N–H and O–H groups in total. The summed E-state index contributed by atoms with van der Waals surface area (Å²) in [5.74, 6) is 0. The minimum atomic E-state index is 0.706. The summed E-state index contributed by atoms with van der Waals surface area (Å²) in [6.45, 7) is 5.38. The summed E-state index contributed by atoms with van der Waals surface area (Å²) in [7, 11) is 0. The lowest BCUT2D eigenvalue weighted by Crippen LogP contribution is -2.29. The molecule has 0 amide bonds. The number of hydrogen-bond donors (Lipinski definition) is 1. The van der Waals surface area contributed by atoms with Crippen molar-refractivity contribution in [2.75, 3.05) is 13.1 Å². The molecule has 0 fully saturated rings. The van der Waals surface area contributed by atoms with Crippen LogP contribution in [-0.4, -0.2) is 23.0 Å². The first-order valence-corrected chi connectivity index (χ1v) is 6.65. The Morgan fingerprint density at radius 2 is 2.18 bits per heavy atom. The Morgan fingerprint density at radius 3 is 2.94 bits per heavy atom. The van der Waals surface area contributed by atoms with Gasteiger partial charge in [-0.3, -0.25) is 4.90 Å². The molecule has 0 radical (unpaired) electrons. The van der Waals surface area contributed by atoms with Crippen LogP contribution in [0.1, 0.15) is 18.2 Å². The fourth-order valence-corrected chi connectivity index (χ4v) is 3.10. The molecule has 0 saturated carbocycles. The van der Waals surface area contributed by atoms with Gasteiger partial charge in [0.1, 0.15) is 0 Å². The Bertz CT molecular complexity index is 574. The number of fused-ring (bicyclic) bond motifs is 3. The fourth-order valence-electron chi connectivity index (χ4n) is 2.56. The minimum absolute atomic E-state index is 0.706.